The number of carbonyl (C=O) groups is 1. The predicted molar refractivity (Wildman–Crippen MR) is 52.6 cm³/mol. The summed E-state index contributed by atoms with van der Waals surface area (Å²) in [6, 6.07) is 0. The summed E-state index contributed by atoms with van der Waals surface area (Å²) in [4.78, 5) is 12.8. The van der Waals surface area contributed by atoms with Crippen molar-refractivity contribution >= 4 is 23.2 Å². The van der Waals surface area contributed by atoms with Crippen LogP contribution in [-0.4, -0.2) is 16.2 Å². The van der Waals surface area contributed by atoms with E-state index >= 15 is 0 Å². The summed E-state index contributed by atoms with van der Waals surface area (Å²) in [5.41, 5.74) is 9.40. The van der Waals surface area contributed by atoms with Crippen molar-refractivity contribution in [2.75, 3.05) is 5.73 Å². The maximum atomic E-state index is 8.78. The van der Waals surface area contributed by atoms with Crippen LogP contribution in [0.3, 0.4) is 0 Å². The fraction of sp³-hybridized carbons (Fsp3) is 0.143. The summed E-state index contributed by atoms with van der Waals surface area (Å²) in [5, 5.41) is 10.1. The Morgan fingerprint density at radius 1 is 1.85 bits per heavy atom. The minimum atomic E-state index is -1.33. The second kappa shape index (κ2) is 6.01. The highest BCUT2D eigenvalue weighted by Gasteiger charge is 1.93. The van der Waals surface area contributed by atoms with Crippen LogP contribution in [0.1, 0.15) is 5.01 Å². The van der Waals surface area contributed by atoms with Crippen molar-refractivity contribution < 1.29 is 9.90 Å². The Kier molecular flexibility index (Phi) is 5.29. The quantitative estimate of drug-likeness (QED) is 0.623. The number of hydrogen-bond donors (Lipinski definition) is 3. The molecule has 0 aliphatic heterocycles. The van der Waals surface area contributed by atoms with Gasteiger partial charge in [0.2, 0.25) is 0 Å². The second-order valence-corrected chi connectivity index (χ2v) is 2.94. The van der Waals surface area contributed by atoms with Gasteiger partial charge in [-0.05, 0) is 0 Å². The largest absolute Gasteiger partial charge is 0.465 e. The topological polar surface area (TPSA) is 102 Å². The molecule has 0 aliphatic rings. The highest BCUT2D eigenvalue weighted by atomic mass is 32.1. The number of nitrogens with zero attached hydrogens (tertiary/aromatic N) is 1. The molecule has 13 heavy (non-hydrogen) atoms. The molecule has 1 aromatic rings. The molecule has 72 valence electrons. The third-order valence-electron chi connectivity index (χ3n) is 0.888. The van der Waals surface area contributed by atoms with E-state index in [0.717, 1.165) is 11.4 Å². The molecule has 0 saturated carbocycles. The molecule has 1 amide bonds. The van der Waals surface area contributed by atoms with Gasteiger partial charge >= 0.3 is 6.09 Å². The van der Waals surface area contributed by atoms with Crippen molar-refractivity contribution in [2.24, 2.45) is 5.73 Å². The lowest BCUT2D eigenvalue weighted by molar-refractivity contribution is 0.205. The minimum Gasteiger partial charge on any atom is -0.465 e. The van der Waals surface area contributed by atoms with Gasteiger partial charge in [0.05, 0.1) is 5.01 Å². The lowest BCUT2D eigenvalue weighted by Gasteiger charge is -1.81. The number of allylic oxidation sites excluding steroid dienone is 1. The molecule has 1 heterocycles. The molecule has 0 spiro atoms. The van der Waals surface area contributed by atoms with Crippen molar-refractivity contribution in [1.29, 1.82) is 0 Å². The van der Waals surface area contributed by atoms with Crippen molar-refractivity contribution in [2.45, 2.75) is 6.42 Å². The molecule has 0 aromatic carbocycles. The van der Waals surface area contributed by atoms with E-state index in [0.29, 0.717) is 5.82 Å². The van der Waals surface area contributed by atoms with Crippen molar-refractivity contribution in [3.05, 3.63) is 23.0 Å². The van der Waals surface area contributed by atoms with E-state index in [-0.39, 0.29) is 0 Å². The van der Waals surface area contributed by atoms with Gasteiger partial charge in [-0.1, -0.05) is 6.08 Å². The number of thiazole rings is 1. The predicted octanol–water partition coefficient (Wildman–Crippen LogP) is 1.08. The molecule has 6 heteroatoms. The Morgan fingerprint density at radius 3 is 2.69 bits per heavy atom. The number of anilines is 1. The van der Waals surface area contributed by atoms with Crippen LogP contribution in [0.2, 0.25) is 0 Å². The van der Waals surface area contributed by atoms with Crippen LogP contribution >= 0.6 is 11.3 Å². The van der Waals surface area contributed by atoms with E-state index in [1.54, 1.807) is 11.3 Å². The first-order valence-corrected chi connectivity index (χ1v) is 4.23. The number of nitrogen functional groups attached to an aromatic ring is 1. The van der Waals surface area contributed by atoms with Gasteiger partial charge in [0.15, 0.2) is 0 Å². The number of rotatable bonds is 2. The summed E-state index contributed by atoms with van der Waals surface area (Å²) >= 11 is 1.57. The average Bonchev–Trinajstić information content (AvgIpc) is 2.35. The lowest BCUT2D eigenvalue weighted by atomic mass is 10.4. The van der Waals surface area contributed by atoms with Gasteiger partial charge in [-0.15, -0.1) is 17.9 Å². The van der Waals surface area contributed by atoms with Gasteiger partial charge in [0, 0.05) is 11.8 Å². The molecule has 1 aromatic heterocycles. The standard InChI is InChI=1S/C6H8N2S.CH3NO2/c1-2-3-6-8-5(7)4-9-6;2-1(3)4/h2,4H,1,3,7H2;2H2,(H,3,4). The number of amides is 1. The Labute approximate surface area is 79.7 Å². The van der Waals surface area contributed by atoms with Crippen LogP contribution in [0.15, 0.2) is 18.0 Å². The Morgan fingerprint density at radius 2 is 2.38 bits per heavy atom. The van der Waals surface area contributed by atoms with Crippen LogP contribution in [0.4, 0.5) is 10.6 Å². The Bertz CT molecular complexity index is 281. The van der Waals surface area contributed by atoms with Crippen LogP contribution in [0.25, 0.3) is 0 Å². The smallest absolute Gasteiger partial charge is 0.402 e. The molecule has 0 unspecified atom stereocenters. The first-order valence-electron chi connectivity index (χ1n) is 3.35. The zero-order valence-corrected chi connectivity index (χ0v) is 7.75. The van der Waals surface area contributed by atoms with Gasteiger partial charge in [-0.25, -0.2) is 9.78 Å². The summed E-state index contributed by atoms with van der Waals surface area (Å²) < 4.78 is 0. The van der Waals surface area contributed by atoms with Crippen LogP contribution in [0.5, 0.6) is 0 Å². The monoisotopic (exact) mass is 201 g/mol. The Hall–Kier alpha value is -1.56. The average molecular weight is 201 g/mol. The number of carboxylic acid groups (broad SMARTS) is 1. The van der Waals surface area contributed by atoms with Gasteiger partial charge in [0.1, 0.15) is 5.82 Å². The fourth-order valence-electron chi connectivity index (χ4n) is 0.542. The zero-order chi connectivity index (χ0) is 10.3. The first kappa shape index (κ1) is 11.4. The minimum absolute atomic E-state index is 0.608. The normalized spacial score (nSPS) is 8.31. The first-order chi connectivity index (χ1) is 6.06. The molecular weight excluding hydrogens is 190 g/mol. The molecule has 0 atom stereocenters. The van der Waals surface area contributed by atoms with E-state index in [1.807, 2.05) is 11.5 Å². The highest BCUT2D eigenvalue weighted by Crippen LogP contribution is 2.10. The van der Waals surface area contributed by atoms with Crippen molar-refractivity contribution in [1.82, 2.24) is 4.98 Å². The van der Waals surface area contributed by atoms with E-state index in [9.17, 15) is 0 Å². The van der Waals surface area contributed by atoms with E-state index < -0.39 is 6.09 Å². The Balaban J connectivity index is 0.000000310. The van der Waals surface area contributed by atoms with Gasteiger partial charge in [0.25, 0.3) is 0 Å². The maximum absolute atomic E-state index is 8.78. The van der Waals surface area contributed by atoms with Crippen LogP contribution < -0.4 is 11.5 Å². The summed E-state index contributed by atoms with van der Waals surface area (Å²) in [5.74, 6) is 0.608. The lowest BCUT2D eigenvalue weighted by Crippen LogP contribution is -2.03. The number of aromatic nitrogens is 1. The third kappa shape index (κ3) is 6.82. The fourth-order valence-corrected chi connectivity index (χ4v) is 1.22. The molecule has 0 radical (unpaired) electrons. The van der Waals surface area contributed by atoms with E-state index in [2.05, 4.69) is 17.3 Å². The molecule has 1 rings (SSSR count). The highest BCUT2D eigenvalue weighted by molar-refractivity contribution is 7.10. The van der Waals surface area contributed by atoms with Crippen LogP contribution in [0, 0.1) is 0 Å². The maximum Gasteiger partial charge on any atom is 0.402 e. The third-order valence-corrected chi connectivity index (χ3v) is 1.78. The van der Waals surface area contributed by atoms with Crippen molar-refractivity contribution in [3.8, 4) is 0 Å². The molecule has 0 saturated heterocycles. The molecule has 0 bridgehead atoms. The SMILES string of the molecule is C=CCc1nc(N)cs1.NC(=O)O. The van der Waals surface area contributed by atoms with Gasteiger partial charge < -0.3 is 16.6 Å². The zero-order valence-electron chi connectivity index (χ0n) is 6.93. The van der Waals surface area contributed by atoms with E-state index in [1.165, 1.54) is 0 Å². The number of primary amides is 1. The molecule has 5 N–H and O–H groups in total. The molecule has 0 fully saturated rings. The number of hydrogen-bond acceptors (Lipinski definition) is 4. The van der Waals surface area contributed by atoms with Crippen LogP contribution in [-0.2, 0) is 6.42 Å². The number of nitrogens with two attached hydrogens (primary N) is 2. The van der Waals surface area contributed by atoms with Crippen molar-refractivity contribution in [3.63, 3.8) is 0 Å². The summed E-state index contributed by atoms with van der Waals surface area (Å²) in [6.45, 7) is 3.59. The molecular formula is C7H11N3O2S. The second-order valence-electron chi connectivity index (χ2n) is 2.00. The van der Waals surface area contributed by atoms with Gasteiger partial charge in [-0.3, -0.25) is 0 Å². The molecule has 0 aliphatic carbocycles. The summed E-state index contributed by atoms with van der Waals surface area (Å²) in [7, 11) is 0. The van der Waals surface area contributed by atoms with Gasteiger partial charge in [-0.2, -0.15) is 0 Å². The van der Waals surface area contributed by atoms with E-state index in [4.69, 9.17) is 15.6 Å². The summed E-state index contributed by atoms with van der Waals surface area (Å²) in [6.07, 6.45) is 1.31. The molecule has 5 nitrogen and oxygen atoms in total.